The van der Waals surface area contributed by atoms with E-state index in [0.717, 1.165) is 0 Å². The van der Waals surface area contributed by atoms with Gasteiger partial charge in [-0.05, 0) is 28.1 Å². The third kappa shape index (κ3) is 1.75. The van der Waals surface area contributed by atoms with Crippen LogP contribution in [0.2, 0.25) is 10.0 Å². The lowest BCUT2D eigenvalue weighted by molar-refractivity contribution is 0.112. The number of hydrogen-bond acceptors (Lipinski definition) is 1. The highest BCUT2D eigenvalue weighted by Crippen LogP contribution is 2.29. The maximum atomic E-state index is 10.4. The van der Waals surface area contributed by atoms with Crippen LogP contribution in [0, 0.1) is 0 Å². The molecule has 0 aliphatic rings. The van der Waals surface area contributed by atoms with E-state index in [-0.39, 0.29) is 0 Å². The van der Waals surface area contributed by atoms with Gasteiger partial charge in [-0.3, -0.25) is 4.79 Å². The third-order valence-electron chi connectivity index (χ3n) is 1.20. The average molecular weight is 254 g/mol. The van der Waals surface area contributed by atoms with Gasteiger partial charge in [-0.15, -0.1) is 0 Å². The molecule has 4 heteroatoms. The van der Waals surface area contributed by atoms with Crippen LogP contribution >= 0.6 is 39.1 Å². The number of carbonyl (C=O) groups is 1. The van der Waals surface area contributed by atoms with E-state index in [1.54, 1.807) is 12.1 Å². The number of benzene rings is 1. The molecular formula is C7H3BrCl2O. The van der Waals surface area contributed by atoms with Gasteiger partial charge in [0.25, 0.3) is 0 Å². The molecule has 1 nitrogen and oxygen atoms in total. The average Bonchev–Trinajstić information content (AvgIpc) is 1.99. The summed E-state index contributed by atoms with van der Waals surface area (Å²) in [6.07, 6.45) is 0.634. The van der Waals surface area contributed by atoms with E-state index >= 15 is 0 Å². The summed E-state index contributed by atoms with van der Waals surface area (Å²) in [6, 6.07) is 3.30. The van der Waals surface area contributed by atoms with Gasteiger partial charge in [-0.1, -0.05) is 23.2 Å². The maximum Gasteiger partial charge on any atom is 0.153 e. The van der Waals surface area contributed by atoms with Crippen LogP contribution in [0.3, 0.4) is 0 Å². The maximum absolute atomic E-state index is 10.4. The Balaban J connectivity index is 3.40. The summed E-state index contributed by atoms with van der Waals surface area (Å²) < 4.78 is 0.672. The Hall–Kier alpha value is -0.0500. The first-order valence-electron chi connectivity index (χ1n) is 2.75. The molecule has 0 spiro atoms. The smallest absolute Gasteiger partial charge is 0.153 e. The molecule has 0 aliphatic carbocycles. The molecule has 0 amide bonds. The van der Waals surface area contributed by atoms with Crippen LogP contribution in [0.1, 0.15) is 10.4 Å². The first-order valence-corrected chi connectivity index (χ1v) is 4.30. The van der Waals surface area contributed by atoms with Crippen LogP contribution in [0.25, 0.3) is 0 Å². The minimum atomic E-state index is 0.322. The van der Waals surface area contributed by atoms with E-state index in [1.807, 2.05) is 0 Å². The fourth-order valence-corrected chi connectivity index (χ4v) is 1.46. The zero-order chi connectivity index (χ0) is 8.43. The summed E-state index contributed by atoms with van der Waals surface area (Å²) in [4.78, 5) is 10.4. The van der Waals surface area contributed by atoms with Crippen molar-refractivity contribution in [1.29, 1.82) is 0 Å². The van der Waals surface area contributed by atoms with E-state index in [9.17, 15) is 4.79 Å². The van der Waals surface area contributed by atoms with Crippen LogP contribution in [0.4, 0.5) is 0 Å². The summed E-state index contributed by atoms with van der Waals surface area (Å²) in [5.41, 5.74) is 0.322. The van der Waals surface area contributed by atoms with Gasteiger partial charge in [-0.2, -0.15) is 0 Å². The second-order valence-electron chi connectivity index (χ2n) is 1.87. The Kier molecular flexibility index (Phi) is 2.93. The highest BCUT2D eigenvalue weighted by molar-refractivity contribution is 9.10. The summed E-state index contributed by atoms with van der Waals surface area (Å²) in [6.45, 7) is 0. The standard InChI is InChI=1S/C7H3BrCl2O/c8-5-1-2-6(9)4(3-11)7(5)10/h1-3H. The summed E-state index contributed by atoms with van der Waals surface area (Å²) in [7, 11) is 0. The van der Waals surface area contributed by atoms with Gasteiger partial charge >= 0.3 is 0 Å². The zero-order valence-corrected chi connectivity index (χ0v) is 8.37. The number of rotatable bonds is 1. The van der Waals surface area contributed by atoms with Gasteiger partial charge in [0.05, 0.1) is 15.6 Å². The van der Waals surface area contributed by atoms with Crippen molar-refractivity contribution in [2.24, 2.45) is 0 Å². The van der Waals surface area contributed by atoms with Gasteiger partial charge in [0.15, 0.2) is 6.29 Å². The van der Waals surface area contributed by atoms with E-state index in [4.69, 9.17) is 23.2 Å². The van der Waals surface area contributed by atoms with E-state index in [1.165, 1.54) is 0 Å². The summed E-state index contributed by atoms with van der Waals surface area (Å²) in [5, 5.41) is 0.723. The Bertz CT molecular complexity index is 299. The second kappa shape index (κ2) is 3.57. The predicted molar refractivity (Wildman–Crippen MR) is 49.5 cm³/mol. The minimum Gasteiger partial charge on any atom is -0.298 e. The van der Waals surface area contributed by atoms with Crippen molar-refractivity contribution >= 4 is 45.4 Å². The highest BCUT2D eigenvalue weighted by Gasteiger charge is 2.06. The van der Waals surface area contributed by atoms with Crippen molar-refractivity contribution in [3.8, 4) is 0 Å². The van der Waals surface area contributed by atoms with E-state index in [2.05, 4.69) is 15.9 Å². The second-order valence-corrected chi connectivity index (χ2v) is 3.51. The van der Waals surface area contributed by atoms with Crippen molar-refractivity contribution < 1.29 is 4.79 Å². The molecule has 0 aromatic heterocycles. The van der Waals surface area contributed by atoms with Crippen LogP contribution < -0.4 is 0 Å². The van der Waals surface area contributed by atoms with Crippen molar-refractivity contribution in [2.75, 3.05) is 0 Å². The first-order chi connectivity index (χ1) is 5.16. The Labute approximate surface area is 82.4 Å². The fourth-order valence-electron chi connectivity index (χ4n) is 0.651. The molecule has 0 saturated heterocycles. The van der Waals surface area contributed by atoms with Crippen LogP contribution in [-0.4, -0.2) is 6.29 Å². The highest BCUT2D eigenvalue weighted by atomic mass is 79.9. The fraction of sp³-hybridized carbons (Fsp3) is 0. The summed E-state index contributed by atoms with van der Waals surface area (Å²) >= 11 is 14.6. The topological polar surface area (TPSA) is 17.1 Å². The lowest BCUT2D eigenvalue weighted by Crippen LogP contribution is -1.84. The molecule has 0 atom stereocenters. The normalized spacial score (nSPS) is 9.73. The van der Waals surface area contributed by atoms with E-state index < -0.39 is 0 Å². The Morgan fingerprint density at radius 3 is 2.45 bits per heavy atom. The largest absolute Gasteiger partial charge is 0.298 e. The zero-order valence-electron chi connectivity index (χ0n) is 5.27. The van der Waals surface area contributed by atoms with Gasteiger partial charge in [0.1, 0.15) is 0 Å². The van der Waals surface area contributed by atoms with Crippen LogP contribution in [0.5, 0.6) is 0 Å². The molecule has 0 aliphatic heterocycles. The SMILES string of the molecule is O=Cc1c(Cl)ccc(Br)c1Cl. The molecule has 0 unspecified atom stereocenters. The monoisotopic (exact) mass is 252 g/mol. The van der Waals surface area contributed by atoms with Crippen molar-refractivity contribution in [3.05, 3.63) is 32.2 Å². The molecule has 0 bridgehead atoms. The molecule has 0 saturated carbocycles. The molecule has 1 aromatic rings. The van der Waals surface area contributed by atoms with Crippen molar-refractivity contribution in [2.45, 2.75) is 0 Å². The molecule has 0 heterocycles. The molecule has 11 heavy (non-hydrogen) atoms. The number of aldehydes is 1. The van der Waals surface area contributed by atoms with Gasteiger partial charge in [0, 0.05) is 4.47 Å². The number of halogens is 3. The molecule has 1 aromatic carbocycles. The molecule has 58 valence electrons. The lowest BCUT2D eigenvalue weighted by Gasteiger charge is -2.00. The molecular weight excluding hydrogens is 251 g/mol. The van der Waals surface area contributed by atoms with Crippen LogP contribution in [0.15, 0.2) is 16.6 Å². The Morgan fingerprint density at radius 2 is 2.00 bits per heavy atom. The minimum absolute atomic E-state index is 0.322. The third-order valence-corrected chi connectivity index (χ3v) is 2.82. The van der Waals surface area contributed by atoms with Gasteiger partial charge < -0.3 is 0 Å². The van der Waals surface area contributed by atoms with Gasteiger partial charge in [0.2, 0.25) is 0 Å². The van der Waals surface area contributed by atoms with Crippen molar-refractivity contribution in [1.82, 2.24) is 0 Å². The quantitative estimate of drug-likeness (QED) is 0.553. The van der Waals surface area contributed by atoms with E-state index in [0.29, 0.717) is 26.4 Å². The molecule has 0 N–H and O–H groups in total. The molecule has 0 radical (unpaired) electrons. The molecule has 0 fully saturated rings. The van der Waals surface area contributed by atoms with Crippen molar-refractivity contribution in [3.63, 3.8) is 0 Å². The first kappa shape index (κ1) is 9.04. The number of hydrogen-bond donors (Lipinski definition) is 0. The lowest BCUT2D eigenvalue weighted by atomic mass is 10.2. The summed E-state index contributed by atoms with van der Waals surface area (Å²) in [5.74, 6) is 0. The Morgan fingerprint density at radius 1 is 1.36 bits per heavy atom. The predicted octanol–water partition coefficient (Wildman–Crippen LogP) is 3.57. The number of carbonyl (C=O) groups excluding carboxylic acids is 1. The van der Waals surface area contributed by atoms with Crippen LogP contribution in [-0.2, 0) is 0 Å². The van der Waals surface area contributed by atoms with Gasteiger partial charge in [-0.25, -0.2) is 0 Å². The molecule has 1 rings (SSSR count).